The van der Waals surface area contributed by atoms with Gasteiger partial charge in [-0.3, -0.25) is 9.59 Å². The SMILES string of the molecule is Cc1cccc(-c2nnc(SCC(=O)N3CCC(C(N)=O)CC3)o2)c1. The van der Waals surface area contributed by atoms with Crippen LogP contribution in [-0.4, -0.2) is 45.8 Å². The van der Waals surface area contributed by atoms with Crippen LogP contribution in [0.2, 0.25) is 0 Å². The van der Waals surface area contributed by atoms with Crippen LogP contribution in [-0.2, 0) is 9.59 Å². The van der Waals surface area contributed by atoms with Crippen LogP contribution in [0.4, 0.5) is 0 Å². The van der Waals surface area contributed by atoms with Gasteiger partial charge in [0, 0.05) is 24.6 Å². The average Bonchev–Trinajstić information content (AvgIpc) is 3.09. The molecule has 132 valence electrons. The normalized spacial score (nSPS) is 15.3. The van der Waals surface area contributed by atoms with Gasteiger partial charge in [-0.1, -0.05) is 29.5 Å². The summed E-state index contributed by atoms with van der Waals surface area (Å²) in [4.78, 5) is 25.2. The van der Waals surface area contributed by atoms with Crippen molar-refractivity contribution in [3.8, 4) is 11.5 Å². The molecular weight excluding hydrogens is 340 g/mol. The maximum absolute atomic E-state index is 12.3. The van der Waals surface area contributed by atoms with Crippen molar-refractivity contribution in [3.05, 3.63) is 29.8 Å². The number of hydrogen-bond acceptors (Lipinski definition) is 6. The van der Waals surface area contributed by atoms with Crippen molar-refractivity contribution in [1.29, 1.82) is 0 Å². The fourth-order valence-electron chi connectivity index (χ4n) is 2.79. The van der Waals surface area contributed by atoms with Crippen LogP contribution >= 0.6 is 11.8 Å². The van der Waals surface area contributed by atoms with E-state index in [4.69, 9.17) is 10.2 Å². The highest BCUT2D eigenvalue weighted by molar-refractivity contribution is 7.99. The van der Waals surface area contributed by atoms with E-state index >= 15 is 0 Å². The maximum atomic E-state index is 12.3. The number of thioether (sulfide) groups is 1. The number of primary amides is 1. The monoisotopic (exact) mass is 360 g/mol. The molecule has 0 radical (unpaired) electrons. The Balaban J connectivity index is 1.52. The van der Waals surface area contributed by atoms with Crippen molar-refractivity contribution in [2.75, 3.05) is 18.8 Å². The van der Waals surface area contributed by atoms with Crippen molar-refractivity contribution in [1.82, 2.24) is 15.1 Å². The van der Waals surface area contributed by atoms with Crippen LogP contribution in [0.25, 0.3) is 11.5 Å². The van der Waals surface area contributed by atoms with E-state index in [2.05, 4.69) is 10.2 Å². The Morgan fingerprint density at radius 2 is 2.08 bits per heavy atom. The van der Waals surface area contributed by atoms with E-state index in [-0.39, 0.29) is 23.5 Å². The molecule has 0 unspecified atom stereocenters. The maximum Gasteiger partial charge on any atom is 0.277 e. The molecule has 3 rings (SSSR count). The van der Waals surface area contributed by atoms with E-state index in [0.717, 1.165) is 11.1 Å². The number of amides is 2. The second-order valence-electron chi connectivity index (χ2n) is 6.09. The van der Waals surface area contributed by atoms with Gasteiger partial charge in [0.1, 0.15) is 0 Å². The van der Waals surface area contributed by atoms with E-state index in [0.29, 0.717) is 37.0 Å². The minimum atomic E-state index is -0.281. The lowest BCUT2D eigenvalue weighted by Gasteiger charge is -2.30. The number of likely N-dealkylation sites (tertiary alicyclic amines) is 1. The van der Waals surface area contributed by atoms with Crippen LogP contribution in [0.15, 0.2) is 33.9 Å². The average molecular weight is 360 g/mol. The molecule has 1 aliphatic rings. The van der Waals surface area contributed by atoms with E-state index < -0.39 is 0 Å². The zero-order chi connectivity index (χ0) is 17.8. The lowest BCUT2D eigenvalue weighted by Crippen LogP contribution is -2.42. The standard InChI is InChI=1S/C17H20N4O3S/c1-11-3-2-4-13(9-11)16-19-20-17(24-16)25-10-14(22)21-7-5-12(6-8-21)15(18)23/h2-4,9,12H,5-8,10H2,1H3,(H2,18,23). The Labute approximate surface area is 150 Å². The number of hydrogen-bond donors (Lipinski definition) is 1. The Morgan fingerprint density at radius 1 is 1.32 bits per heavy atom. The molecular formula is C17H20N4O3S. The van der Waals surface area contributed by atoms with Crippen LogP contribution in [0.1, 0.15) is 18.4 Å². The highest BCUT2D eigenvalue weighted by Gasteiger charge is 2.26. The lowest BCUT2D eigenvalue weighted by molar-refractivity contribution is -0.132. The van der Waals surface area contributed by atoms with Crippen molar-refractivity contribution < 1.29 is 14.0 Å². The summed E-state index contributed by atoms with van der Waals surface area (Å²) in [7, 11) is 0. The molecule has 1 aromatic heterocycles. The van der Waals surface area contributed by atoms with Crippen molar-refractivity contribution >= 4 is 23.6 Å². The zero-order valence-corrected chi connectivity index (χ0v) is 14.8. The van der Waals surface area contributed by atoms with Gasteiger partial charge in [-0.15, -0.1) is 10.2 Å². The zero-order valence-electron chi connectivity index (χ0n) is 14.0. The van der Waals surface area contributed by atoms with E-state index in [1.54, 1.807) is 4.90 Å². The van der Waals surface area contributed by atoms with Gasteiger partial charge in [-0.25, -0.2) is 0 Å². The predicted molar refractivity (Wildman–Crippen MR) is 93.7 cm³/mol. The van der Waals surface area contributed by atoms with E-state index in [9.17, 15) is 9.59 Å². The number of benzene rings is 1. The smallest absolute Gasteiger partial charge is 0.277 e. The number of carbonyl (C=O) groups excluding carboxylic acids is 2. The van der Waals surface area contributed by atoms with Gasteiger partial charge in [0.05, 0.1) is 5.75 Å². The number of nitrogens with zero attached hydrogens (tertiary/aromatic N) is 3. The number of aryl methyl sites for hydroxylation is 1. The first-order valence-electron chi connectivity index (χ1n) is 8.13. The summed E-state index contributed by atoms with van der Waals surface area (Å²) in [5, 5.41) is 8.39. The lowest BCUT2D eigenvalue weighted by atomic mass is 9.96. The second kappa shape index (κ2) is 7.69. The molecule has 2 heterocycles. The first-order valence-corrected chi connectivity index (χ1v) is 9.12. The second-order valence-corrected chi connectivity index (χ2v) is 7.02. The molecule has 0 spiro atoms. The van der Waals surface area contributed by atoms with Gasteiger partial charge >= 0.3 is 0 Å². The minimum absolute atomic E-state index is 0.00299. The number of nitrogens with two attached hydrogens (primary N) is 1. The molecule has 0 atom stereocenters. The van der Waals surface area contributed by atoms with Crippen molar-refractivity contribution in [3.63, 3.8) is 0 Å². The van der Waals surface area contributed by atoms with Crippen molar-refractivity contribution in [2.45, 2.75) is 25.0 Å². The van der Waals surface area contributed by atoms with Gasteiger partial charge in [-0.05, 0) is 31.9 Å². The van der Waals surface area contributed by atoms with Gasteiger partial charge in [0.25, 0.3) is 5.22 Å². The Bertz CT molecular complexity index is 769. The number of rotatable bonds is 5. The van der Waals surface area contributed by atoms with Gasteiger partial charge in [-0.2, -0.15) is 0 Å². The Morgan fingerprint density at radius 3 is 2.76 bits per heavy atom. The summed E-state index contributed by atoms with van der Waals surface area (Å²) >= 11 is 1.23. The molecule has 2 aromatic rings. The predicted octanol–water partition coefficient (Wildman–Crippen LogP) is 1.86. The summed E-state index contributed by atoms with van der Waals surface area (Å²) in [5.41, 5.74) is 7.28. The van der Waals surface area contributed by atoms with Gasteiger partial charge in [0.2, 0.25) is 17.7 Å². The fourth-order valence-corrected chi connectivity index (χ4v) is 3.46. The molecule has 2 amide bonds. The largest absolute Gasteiger partial charge is 0.411 e. The highest BCUT2D eigenvalue weighted by atomic mass is 32.2. The van der Waals surface area contributed by atoms with Gasteiger partial charge in [0.15, 0.2) is 0 Å². The highest BCUT2D eigenvalue weighted by Crippen LogP contribution is 2.24. The third-order valence-corrected chi connectivity index (χ3v) is 5.04. The number of piperidine rings is 1. The summed E-state index contributed by atoms with van der Waals surface area (Å²) in [6.07, 6.45) is 1.26. The molecule has 8 heteroatoms. The van der Waals surface area contributed by atoms with Crippen LogP contribution < -0.4 is 5.73 Å². The molecule has 2 N–H and O–H groups in total. The van der Waals surface area contributed by atoms with Crippen LogP contribution in [0.5, 0.6) is 0 Å². The first-order chi connectivity index (χ1) is 12.0. The Hall–Kier alpha value is -2.35. The number of aromatic nitrogens is 2. The Kier molecular flexibility index (Phi) is 5.37. The summed E-state index contributed by atoms with van der Waals surface area (Å²) < 4.78 is 5.62. The summed E-state index contributed by atoms with van der Waals surface area (Å²) in [6, 6.07) is 7.80. The molecule has 0 saturated carbocycles. The summed E-state index contributed by atoms with van der Waals surface area (Å²) in [6.45, 7) is 3.12. The molecule has 0 aliphatic carbocycles. The first kappa shape index (κ1) is 17.5. The molecule has 1 saturated heterocycles. The molecule has 1 fully saturated rings. The fraction of sp³-hybridized carbons (Fsp3) is 0.412. The summed E-state index contributed by atoms with van der Waals surface area (Å²) in [5.74, 6) is 0.279. The molecule has 1 aliphatic heterocycles. The third-order valence-electron chi connectivity index (χ3n) is 4.24. The third kappa shape index (κ3) is 4.39. The molecule has 0 bridgehead atoms. The number of carbonyl (C=O) groups is 2. The molecule has 1 aromatic carbocycles. The molecule has 25 heavy (non-hydrogen) atoms. The quantitative estimate of drug-likeness (QED) is 0.817. The molecule has 7 nitrogen and oxygen atoms in total. The van der Waals surface area contributed by atoms with Crippen LogP contribution in [0.3, 0.4) is 0 Å². The minimum Gasteiger partial charge on any atom is -0.411 e. The van der Waals surface area contributed by atoms with E-state index in [1.807, 2.05) is 31.2 Å². The van der Waals surface area contributed by atoms with Crippen molar-refractivity contribution in [2.24, 2.45) is 11.7 Å². The topological polar surface area (TPSA) is 102 Å². The van der Waals surface area contributed by atoms with Crippen LogP contribution in [0, 0.1) is 12.8 Å². The van der Waals surface area contributed by atoms with Gasteiger partial charge < -0.3 is 15.1 Å². The van der Waals surface area contributed by atoms with E-state index in [1.165, 1.54) is 11.8 Å².